The van der Waals surface area contributed by atoms with Gasteiger partial charge in [-0.05, 0) is 31.4 Å². The molecule has 0 saturated heterocycles. The summed E-state index contributed by atoms with van der Waals surface area (Å²) in [6.07, 6.45) is 8.61. The van der Waals surface area contributed by atoms with Crippen LogP contribution in [-0.4, -0.2) is 35.3 Å². The molecular formula is C13H27NOS. The van der Waals surface area contributed by atoms with Crippen molar-refractivity contribution < 1.29 is 5.11 Å². The van der Waals surface area contributed by atoms with Gasteiger partial charge in [-0.1, -0.05) is 26.7 Å². The molecule has 0 spiro atoms. The van der Waals surface area contributed by atoms with E-state index < -0.39 is 0 Å². The summed E-state index contributed by atoms with van der Waals surface area (Å²) in [5, 5.41) is 13.8. The van der Waals surface area contributed by atoms with Gasteiger partial charge >= 0.3 is 0 Å². The van der Waals surface area contributed by atoms with E-state index in [-0.39, 0.29) is 12.6 Å². The average Bonchev–Trinajstić information content (AvgIpc) is 2.28. The number of aliphatic hydroxyl groups is 1. The molecule has 2 nitrogen and oxygen atoms in total. The summed E-state index contributed by atoms with van der Waals surface area (Å²) in [5.41, 5.74) is 0. The Kier molecular flexibility index (Phi) is 6.78. The van der Waals surface area contributed by atoms with Crippen molar-refractivity contribution >= 4 is 11.8 Å². The lowest BCUT2D eigenvalue weighted by molar-refractivity contribution is 0.203. The van der Waals surface area contributed by atoms with Gasteiger partial charge in [-0.2, -0.15) is 11.8 Å². The molecule has 3 unspecified atom stereocenters. The SMILES string of the molecule is CSC1CCCCC1NC(CO)CC(C)C. The van der Waals surface area contributed by atoms with Gasteiger partial charge in [0, 0.05) is 17.3 Å². The van der Waals surface area contributed by atoms with Crippen LogP contribution >= 0.6 is 11.8 Å². The lowest BCUT2D eigenvalue weighted by atomic mass is 9.93. The predicted molar refractivity (Wildman–Crippen MR) is 73.0 cm³/mol. The first kappa shape index (κ1) is 14.3. The third kappa shape index (κ3) is 4.64. The van der Waals surface area contributed by atoms with Gasteiger partial charge in [0.2, 0.25) is 0 Å². The lowest BCUT2D eigenvalue weighted by Gasteiger charge is -2.34. The number of thioether (sulfide) groups is 1. The minimum atomic E-state index is 0.274. The molecule has 1 aliphatic rings. The van der Waals surface area contributed by atoms with Crippen LogP contribution in [0.2, 0.25) is 0 Å². The number of rotatable bonds is 6. The van der Waals surface area contributed by atoms with Gasteiger partial charge in [0.05, 0.1) is 6.61 Å². The minimum Gasteiger partial charge on any atom is -0.395 e. The first-order chi connectivity index (χ1) is 7.67. The van der Waals surface area contributed by atoms with Crippen LogP contribution in [0.25, 0.3) is 0 Å². The number of nitrogens with one attached hydrogen (secondary N) is 1. The van der Waals surface area contributed by atoms with Crippen LogP contribution in [0.3, 0.4) is 0 Å². The first-order valence-electron chi connectivity index (χ1n) is 6.57. The fourth-order valence-corrected chi connectivity index (χ4v) is 3.58. The summed E-state index contributed by atoms with van der Waals surface area (Å²) in [7, 11) is 0. The van der Waals surface area contributed by atoms with Gasteiger partial charge < -0.3 is 10.4 Å². The van der Waals surface area contributed by atoms with E-state index in [9.17, 15) is 5.11 Å². The summed E-state index contributed by atoms with van der Waals surface area (Å²) in [4.78, 5) is 0. The topological polar surface area (TPSA) is 32.3 Å². The fraction of sp³-hybridized carbons (Fsp3) is 1.00. The maximum absolute atomic E-state index is 9.40. The molecule has 0 amide bonds. The zero-order chi connectivity index (χ0) is 12.0. The molecular weight excluding hydrogens is 218 g/mol. The second-order valence-electron chi connectivity index (χ2n) is 5.34. The smallest absolute Gasteiger partial charge is 0.0584 e. The molecule has 0 aromatic carbocycles. The van der Waals surface area contributed by atoms with Crippen molar-refractivity contribution in [2.75, 3.05) is 12.9 Å². The van der Waals surface area contributed by atoms with Crippen LogP contribution < -0.4 is 5.32 Å². The van der Waals surface area contributed by atoms with Gasteiger partial charge in [0.25, 0.3) is 0 Å². The standard InChI is InChI=1S/C13H27NOS/c1-10(2)8-11(9-15)14-12-6-4-5-7-13(12)16-3/h10-15H,4-9H2,1-3H3. The number of aliphatic hydroxyl groups excluding tert-OH is 1. The van der Waals surface area contributed by atoms with Crippen LogP contribution in [-0.2, 0) is 0 Å². The van der Waals surface area contributed by atoms with Crippen LogP contribution in [0.1, 0.15) is 46.0 Å². The van der Waals surface area contributed by atoms with Gasteiger partial charge in [-0.3, -0.25) is 0 Å². The molecule has 3 atom stereocenters. The maximum atomic E-state index is 9.40. The van der Waals surface area contributed by atoms with Crippen molar-refractivity contribution in [3.8, 4) is 0 Å². The molecule has 1 saturated carbocycles. The molecule has 2 N–H and O–H groups in total. The van der Waals surface area contributed by atoms with Crippen molar-refractivity contribution in [1.82, 2.24) is 5.32 Å². The molecule has 0 radical (unpaired) electrons. The van der Waals surface area contributed by atoms with Crippen LogP contribution in [0.4, 0.5) is 0 Å². The molecule has 1 fully saturated rings. The lowest BCUT2D eigenvalue weighted by Crippen LogP contribution is -2.47. The van der Waals surface area contributed by atoms with E-state index in [1.54, 1.807) is 0 Å². The summed E-state index contributed by atoms with van der Waals surface area (Å²) in [6.45, 7) is 4.71. The monoisotopic (exact) mass is 245 g/mol. The van der Waals surface area contributed by atoms with Gasteiger partial charge in [-0.15, -0.1) is 0 Å². The maximum Gasteiger partial charge on any atom is 0.0584 e. The highest BCUT2D eigenvalue weighted by Crippen LogP contribution is 2.27. The quantitative estimate of drug-likeness (QED) is 0.754. The molecule has 96 valence electrons. The largest absolute Gasteiger partial charge is 0.395 e. The Labute approximate surface area is 105 Å². The Morgan fingerprint density at radius 3 is 2.56 bits per heavy atom. The summed E-state index contributed by atoms with van der Waals surface area (Å²) in [5.74, 6) is 0.654. The Bertz CT molecular complexity index is 187. The number of hydrogen-bond donors (Lipinski definition) is 2. The third-order valence-electron chi connectivity index (χ3n) is 3.43. The van der Waals surface area contributed by atoms with Crippen molar-refractivity contribution in [3.63, 3.8) is 0 Å². The Morgan fingerprint density at radius 1 is 1.31 bits per heavy atom. The van der Waals surface area contributed by atoms with E-state index in [1.807, 2.05) is 11.8 Å². The van der Waals surface area contributed by atoms with Crippen LogP contribution in [0, 0.1) is 5.92 Å². The van der Waals surface area contributed by atoms with Crippen molar-refractivity contribution in [1.29, 1.82) is 0 Å². The van der Waals surface area contributed by atoms with Gasteiger partial charge in [0.1, 0.15) is 0 Å². The van der Waals surface area contributed by atoms with Crippen molar-refractivity contribution in [2.45, 2.75) is 63.3 Å². The van der Waals surface area contributed by atoms with Crippen LogP contribution in [0.15, 0.2) is 0 Å². The summed E-state index contributed by atoms with van der Waals surface area (Å²) in [6, 6.07) is 0.900. The van der Waals surface area contributed by atoms with Crippen LogP contribution in [0.5, 0.6) is 0 Å². The van der Waals surface area contributed by atoms with Gasteiger partial charge in [0.15, 0.2) is 0 Å². The second-order valence-corrected chi connectivity index (χ2v) is 6.42. The molecule has 3 heteroatoms. The molecule has 0 aromatic rings. The fourth-order valence-electron chi connectivity index (χ4n) is 2.64. The minimum absolute atomic E-state index is 0.274. The van der Waals surface area contributed by atoms with Gasteiger partial charge in [-0.25, -0.2) is 0 Å². The van der Waals surface area contributed by atoms with E-state index >= 15 is 0 Å². The van der Waals surface area contributed by atoms with Crippen molar-refractivity contribution in [3.05, 3.63) is 0 Å². The molecule has 0 bridgehead atoms. The van der Waals surface area contributed by atoms with E-state index in [0.717, 1.165) is 11.7 Å². The Morgan fingerprint density at radius 2 is 2.00 bits per heavy atom. The Balaban J connectivity index is 2.41. The first-order valence-corrected chi connectivity index (χ1v) is 7.85. The molecule has 0 aliphatic heterocycles. The van der Waals surface area contributed by atoms with E-state index in [0.29, 0.717) is 12.0 Å². The second kappa shape index (κ2) is 7.57. The highest BCUT2D eigenvalue weighted by molar-refractivity contribution is 7.99. The summed E-state index contributed by atoms with van der Waals surface area (Å²) < 4.78 is 0. The van der Waals surface area contributed by atoms with Crippen molar-refractivity contribution in [2.24, 2.45) is 5.92 Å². The predicted octanol–water partition coefficient (Wildman–Crippen LogP) is 2.66. The summed E-state index contributed by atoms with van der Waals surface area (Å²) >= 11 is 1.98. The van der Waals surface area contributed by atoms with E-state index in [4.69, 9.17) is 0 Å². The molecule has 1 aliphatic carbocycles. The molecule has 16 heavy (non-hydrogen) atoms. The van der Waals surface area contributed by atoms with E-state index in [1.165, 1.54) is 25.7 Å². The molecule has 1 rings (SSSR count). The average molecular weight is 245 g/mol. The zero-order valence-corrected chi connectivity index (χ0v) is 11.7. The van der Waals surface area contributed by atoms with E-state index in [2.05, 4.69) is 25.4 Å². The highest BCUT2D eigenvalue weighted by atomic mass is 32.2. The Hall–Kier alpha value is 0.270. The molecule has 0 aromatic heterocycles. The normalized spacial score (nSPS) is 28.3. The molecule has 0 heterocycles. The number of hydrogen-bond acceptors (Lipinski definition) is 3. The third-order valence-corrected chi connectivity index (χ3v) is 4.60. The zero-order valence-electron chi connectivity index (χ0n) is 10.9. The highest BCUT2D eigenvalue weighted by Gasteiger charge is 2.26.